The van der Waals surface area contributed by atoms with Crippen LogP contribution in [0.3, 0.4) is 0 Å². The predicted octanol–water partition coefficient (Wildman–Crippen LogP) is -0.733. The van der Waals surface area contributed by atoms with E-state index in [-0.39, 0.29) is 30.1 Å². The zero-order chi connectivity index (χ0) is 22.5. The van der Waals surface area contributed by atoms with Crippen molar-refractivity contribution in [3.63, 3.8) is 0 Å². The first-order valence-electron chi connectivity index (χ1n) is 10.1. The third-order valence-electron chi connectivity index (χ3n) is 6.29. The molecule has 4 rings (SSSR count). The molecule has 2 fully saturated rings. The van der Waals surface area contributed by atoms with E-state index >= 15 is 0 Å². The summed E-state index contributed by atoms with van der Waals surface area (Å²) in [7, 11) is 1.88. The van der Waals surface area contributed by atoms with E-state index in [0.717, 1.165) is 11.6 Å². The molecule has 4 N–H and O–H groups in total. The Balaban J connectivity index is 0.000000858. The van der Waals surface area contributed by atoms with Crippen LogP contribution in [0.2, 0.25) is 0 Å². The van der Waals surface area contributed by atoms with Crippen LogP contribution in [0.15, 0.2) is 31.0 Å². The highest BCUT2D eigenvalue weighted by molar-refractivity contribution is 5.79. The van der Waals surface area contributed by atoms with E-state index in [1.165, 1.54) is 0 Å². The van der Waals surface area contributed by atoms with Gasteiger partial charge in [-0.05, 0) is 11.8 Å². The lowest BCUT2D eigenvalue weighted by molar-refractivity contribution is -0.146. The lowest BCUT2D eigenvalue weighted by Gasteiger charge is -2.43. The molecule has 2 aliphatic rings. The summed E-state index contributed by atoms with van der Waals surface area (Å²) in [4.78, 5) is 36.1. The lowest BCUT2D eigenvalue weighted by Crippen LogP contribution is -2.55. The third kappa shape index (κ3) is 4.67. The fourth-order valence-corrected chi connectivity index (χ4v) is 4.69. The molecule has 1 aliphatic carbocycles. The van der Waals surface area contributed by atoms with E-state index in [1.54, 1.807) is 24.8 Å². The second-order valence-electron chi connectivity index (χ2n) is 7.94. The molecule has 1 amide bonds. The maximum Gasteiger partial charge on any atom is 0.290 e. The van der Waals surface area contributed by atoms with Gasteiger partial charge in [0.25, 0.3) is 6.47 Å². The van der Waals surface area contributed by atoms with Gasteiger partial charge < -0.3 is 30.1 Å². The Morgan fingerprint density at radius 2 is 1.90 bits per heavy atom. The maximum absolute atomic E-state index is 13.1. The minimum atomic E-state index is -0.938. The molecule has 0 spiro atoms. The van der Waals surface area contributed by atoms with Gasteiger partial charge in [0.05, 0.1) is 24.9 Å². The number of aliphatic hydroxyl groups excluding tert-OH is 2. The Kier molecular flexibility index (Phi) is 7.18. The van der Waals surface area contributed by atoms with E-state index in [4.69, 9.17) is 9.90 Å². The van der Waals surface area contributed by atoms with Crippen molar-refractivity contribution in [3.05, 3.63) is 36.8 Å². The number of aryl methyl sites for hydroxylation is 1. The number of carbonyl (C=O) groups is 2. The molecule has 0 bridgehead atoms. The van der Waals surface area contributed by atoms with Crippen LogP contribution in [0.4, 0.5) is 5.82 Å². The SMILES string of the molecule is C[C@H]1[C@H](O)[C@@H](O)[C@H]2CN(c3cnccn3)C[C@@H]2[C@H]1C(=O)NCc1nccn1C.O=CO. The van der Waals surface area contributed by atoms with E-state index in [1.807, 2.05) is 29.6 Å². The molecule has 1 saturated carbocycles. The van der Waals surface area contributed by atoms with Crippen LogP contribution in [0.5, 0.6) is 0 Å². The molecular formula is C20H28N6O5. The number of aliphatic hydroxyl groups is 2. The average Bonchev–Trinajstić information content (AvgIpc) is 3.38. The number of carboxylic acid groups (broad SMARTS) is 1. The summed E-state index contributed by atoms with van der Waals surface area (Å²) < 4.78 is 1.86. The van der Waals surface area contributed by atoms with Gasteiger partial charge in [0.15, 0.2) is 0 Å². The monoisotopic (exact) mass is 432 g/mol. The van der Waals surface area contributed by atoms with E-state index in [0.29, 0.717) is 19.6 Å². The van der Waals surface area contributed by atoms with Crippen LogP contribution in [-0.2, 0) is 23.2 Å². The molecule has 0 radical (unpaired) electrons. The van der Waals surface area contributed by atoms with Gasteiger partial charge in [0, 0.05) is 56.8 Å². The maximum atomic E-state index is 13.1. The fraction of sp³-hybridized carbons (Fsp3) is 0.550. The molecule has 0 aromatic carbocycles. The van der Waals surface area contributed by atoms with E-state index < -0.39 is 18.1 Å². The van der Waals surface area contributed by atoms with Crippen molar-refractivity contribution >= 4 is 18.2 Å². The second kappa shape index (κ2) is 9.84. The normalized spacial score (nSPS) is 29.5. The van der Waals surface area contributed by atoms with Crippen molar-refractivity contribution < 1.29 is 24.9 Å². The third-order valence-corrected chi connectivity index (χ3v) is 6.29. The Bertz CT molecular complexity index is 878. The van der Waals surface area contributed by atoms with Crippen LogP contribution in [0.1, 0.15) is 12.7 Å². The average molecular weight is 432 g/mol. The molecule has 6 atom stereocenters. The number of nitrogens with zero attached hydrogens (tertiary/aromatic N) is 5. The number of aromatic nitrogens is 4. The van der Waals surface area contributed by atoms with Crippen molar-refractivity contribution in [3.8, 4) is 0 Å². The van der Waals surface area contributed by atoms with Crippen molar-refractivity contribution in [2.75, 3.05) is 18.0 Å². The van der Waals surface area contributed by atoms with Gasteiger partial charge >= 0.3 is 0 Å². The highest BCUT2D eigenvalue weighted by Gasteiger charge is 2.54. The molecule has 1 aliphatic heterocycles. The summed E-state index contributed by atoms with van der Waals surface area (Å²) >= 11 is 0. The summed E-state index contributed by atoms with van der Waals surface area (Å²) in [5.41, 5.74) is 0. The van der Waals surface area contributed by atoms with Gasteiger partial charge in [0.2, 0.25) is 5.91 Å². The zero-order valence-electron chi connectivity index (χ0n) is 17.4. The van der Waals surface area contributed by atoms with Gasteiger partial charge in [-0.15, -0.1) is 0 Å². The molecule has 11 heteroatoms. The van der Waals surface area contributed by atoms with E-state index in [9.17, 15) is 15.0 Å². The summed E-state index contributed by atoms with van der Waals surface area (Å²) in [6.07, 6.45) is 6.64. The minimum absolute atomic E-state index is 0.0724. The Labute approximate surface area is 179 Å². The number of hydrogen-bond acceptors (Lipinski definition) is 8. The van der Waals surface area contributed by atoms with Crippen molar-refractivity contribution in [2.45, 2.75) is 25.7 Å². The van der Waals surface area contributed by atoms with Gasteiger partial charge in [0.1, 0.15) is 11.6 Å². The standard InChI is InChI=1S/C19H26N6O3.CH2O2/c1-11-16(19(28)23-8-14-22-5-6-24(14)2)12-9-25(15-7-20-3-4-21-15)10-13(12)18(27)17(11)26;2-1-3/h3-7,11-13,16-18,26-27H,8-10H2,1-2H3,(H,23,28);1H,(H,2,3)/t11-,12+,13+,16+,17+,18+;/m1./s1. The topological polar surface area (TPSA) is 154 Å². The number of imidazole rings is 1. The number of hydrogen-bond donors (Lipinski definition) is 4. The fourth-order valence-electron chi connectivity index (χ4n) is 4.69. The molecule has 11 nitrogen and oxygen atoms in total. The summed E-state index contributed by atoms with van der Waals surface area (Å²) in [5.74, 6) is 0.357. The highest BCUT2D eigenvalue weighted by atomic mass is 16.3. The molecule has 168 valence electrons. The van der Waals surface area contributed by atoms with Crippen LogP contribution < -0.4 is 10.2 Å². The Morgan fingerprint density at radius 1 is 1.19 bits per heavy atom. The smallest absolute Gasteiger partial charge is 0.290 e. The highest BCUT2D eigenvalue weighted by Crippen LogP contribution is 2.44. The number of anilines is 1. The molecular weight excluding hydrogens is 404 g/mol. The Morgan fingerprint density at radius 3 is 2.52 bits per heavy atom. The van der Waals surface area contributed by atoms with Crippen LogP contribution in [0.25, 0.3) is 0 Å². The molecule has 3 heterocycles. The first-order valence-corrected chi connectivity index (χ1v) is 10.1. The first-order chi connectivity index (χ1) is 14.9. The molecule has 2 aromatic heterocycles. The van der Waals surface area contributed by atoms with Crippen LogP contribution in [0, 0.1) is 23.7 Å². The molecule has 31 heavy (non-hydrogen) atoms. The predicted molar refractivity (Wildman–Crippen MR) is 110 cm³/mol. The lowest BCUT2D eigenvalue weighted by atomic mass is 9.65. The van der Waals surface area contributed by atoms with Crippen LogP contribution in [-0.4, -0.2) is 72.5 Å². The number of amides is 1. The van der Waals surface area contributed by atoms with Gasteiger partial charge in [-0.25, -0.2) is 9.97 Å². The minimum Gasteiger partial charge on any atom is -0.483 e. The van der Waals surface area contributed by atoms with E-state index in [2.05, 4.69) is 20.3 Å². The molecule has 0 unspecified atom stereocenters. The van der Waals surface area contributed by atoms with Crippen LogP contribution >= 0.6 is 0 Å². The number of fused-ring (bicyclic) bond motifs is 1. The number of nitrogens with one attached hydrogen (secondary N) is 1. The number of carbonyl (C=O) groups excluding carboxylic acids is 1. The first kappa shape index (κ1) is 22.6. The van der Waals surface area contributed by atoms with Gasteiger partial charge in [-0.3, -0.25) is 14.6 Å². The van der Waals surface area contributed by atoms with Crippen molar-refractivity contribution in [1.29, 1.82) is 0 Å². The molecule has 1 saturated heterocycles. The molecule has 2 aromatic rings. The second-order valence-corrected chi connectivity index (χ2v) is 7.94. The summed E-state index contributed by atoms with van der Waals surface area (Å²) in [6, 6.07) is 0. The largest absolute Gasteiger partial charge is 0.483 e. The summed E-state index contributed by atoms with van der Waals surface area (Å²) in [6.45, 7) is 3.05. The van der Waals surface area contributed by atoms with Gasteiger partial charge in [-0.1, -0.05) is 6.92 Å². The quantitative estimate of drug-likeness (QED) is 0.458. The zero-order valence-corrected chi connectivity index (χ0v) is 17.4. The summed E-state index contributed by atoms with van der Waals surface area (Å²) in [5, 5.41) is 31.1. The Hall–Kier alpha value is -3.05. The van der Waals surface area contributed by atoms with Crippen molar-refractivity contribution in [1.82, 2.24) is 24.8 Å². The van der Waals surface area contributed by atoms with Gasteiger partial charge in [-0.2, -0.15) is 0 Å². The van der Waals surface area contributed by atoms with Crippen molar-refractivity contribution in [2.24, 2.45) is 30.7 Å². The number of rotatable bonds is 4.